The lowest BCUT2D eigenvalue weighted by molar-refractivity contribution is 0.0951. The van der Waals surface area contributed by atoms with Crippen LogP contribution in [0.4, 0.5) is 0 Å². The normalized spacial score (nSPS) is 11.9. The molecule has 1 heterocycles. The Morgan fingerprint density at radius 3 is 2.39 bits per heavy atom. The number of para-hydroxylation sites is 1. The van der Waals surface area contributed by atoms with E-state index >= 15 is 0 Å². The van der Waals surface area contributed by atoms with Crippen LogP contribution in [0.5, 0.6) is 0 Å². The highest BCUT2D eigenvalue weighted by molar-refractivity contribution is 7.71. The minimum atomic E-state index is -0.216. The Kier molecular flexibility index (Phi) is 6.09. The lowest BCUT2D eigenvalue weighted by Gasteiger charge is -2.16. The molecule has 0 aliphatic carbocycles. The average molecular weight is 430 g/mol. The Bertz CT molecular complexity index is 1330. The molecule has 0 aliphatic rings. The third-order valence-corrected chi connectivity index (χ3v) is 5.73. The number of nitrogens with one attached hydrogen (secondary N) is 2. The molecule has 0 fully saturated rings. The van der Waals surface area contributed by atoms with Crippen molar-refractivity contribution < 1.29 is 4.79 Å². The number of amides is 1. The van der Waals surface area contributed by atoms with E-state index < -0.39 is 0 Å². The first-order valence-corrected chi connectivity index (χ1v) is 10.7. The van der Waals surface area contributed by atoms with Gasteiger partial charge in [-0.1, -0.05) is 55.5 Å². The van der Waals surface area contributed by atoms with Crippen molar-refractivity contribution in [3.63, 3.8) is 0 Å². The standard InChI is InChI=1S/C25H23N3O2S/c1-2-17(18-9-5-3-6-10-18)16-26-23(29)19-13-14-21-22(15-19)27-25(31)28(24(21)30)20-11-7-4-8-12-20/h3-15,17H,2,16H2,1H3,(H,26,29)(H,27,31). The topological polar surface area (TPSA) is 66.9 Å². The molecular weight excluding hydrogens is 406 g/mol. The van der Waals surface area contributed by atoms with Crippen LogP contribution in [0.1, 0.15) is 35.2 Å². The highest BCUT2D eigenvalue weighted by Gasteiger charge is 2.14. The monoisotopic (exact) mass is 429 g/mol. The third-order valence-electron chi connectivity index (χ3n) is 5.45. The zero-order valence-electron chi connectivity index (χ0n) is 17.2. The number of rotatable bonds is 6. The Balaban J connectivity index is 1.60. The molecule has 4 rings (SSSR count). The maximum atomic E-state index is 13.0. The predicted octanol–water partition coefficient (Wildman–Crippen LogP) is 4.97. The quantitative estimate of drug-likeness (QED) is 0.425. The van der Waals surface area contributed by atoms with Gasteiger partial charge in [-0.25, -0.2) is 0 Å². The van der Waals surface area contributed by atoms with Crippen LogP contribution in [-0.2, 0) is 0 Å². The van der Waals surface area contributed by atoms with Gasteiger partial charge in [-0.2, -0.15) is 0 Å². The van der Waals surface area contributed by atoms with E-state index in [1.807, 2.05) is 48.5 Å². The molecule has 0 radical (unpaired) electrons. The van der Waals surface area contributed by atoms with Crippen LogP contribution < -0.4 is 10.9 Å². The van der Waals surface area contributed by atoms with Crippen molar-refractivity contribution in [2.75, 3.05) is 6.54 Å². The summed E-state index contributed by atoms with van der Waals surface area (Å²) in [5.41, 5.74) is 2.72. The van der Waals surface area contributed by atoms with Gasteiger partial charge < -0.3 is 10.3 Å². The third kappa shape index (κ3) is 4.34. The van der Waals surface area contributed by atoms with Crippen molar-refractivity contribution in [2.45, 2.75) is 19.3 Å². The first-order chi connectivity index (χ1) is 15.1. The van der Waals surface area contributed by atoms with Crippen molar-refractivity contribution >= 4 is 29.0 Å². The van der Waals surface area contributed by atoms with Gasteiger partial charge in [0.2, 0.25) is 0 Å². The lowest BCUT2D eigenvalue weighted by Crippen LogP contribution is -2.28. The summed E-state index contributed by atoms with van der Waals surface area (Å²) in [5, 5.41) is 3.49. The highest BCUT2D eigenvalue weighted by atomic mass is 32.1. The number of carbonyl (C=O) groups excluding carboxylic acids is 1. The predicted molar refractivity (Wildman–Crippen MR) is 127 cm³/mol. The number of hydrogen-bond acceptors (Lipinski definition) is 3. The Hall–Kier alpha value is -3.51. The Labute approximate surface area is 185 Å². The molecule has 6 heteroatoms. The number of aromatic nitrogens is 2. The fourth-order valence-electron chi connectivity index (χ4n) is 3.71. The summed E-state index contributed by atoms with van der Waals surface area (Å²) in [4.78, 5) is 28.9. The van der Waals surface area contributed by atoms with Crippen LogP contribution >= 0.6 is 12.2 Å². The average Bonchev–Trinajstić information content (AvgIpc) is 2.80. The number of H-pyrrole nitrogens is 1. The van der Waals surface area contributed by atoms with E-state index in [4.69, 9.17) is 12.2 Å². The number of nitrogens with zero attached hydrogens (tertiary/aromatic N) is 1. The van der Waals surface area contributed by atoms with Gasteiger partial charge in [0.15, 0.2) is 4.77 Å². The molecule has 0 spiro atoms. The zero-order valence-corrected chi connectivity index (χ0v) is 18.0. The van der Waals surface area contributed by atoms with Gasteiger partial charge in [-0.05, 0) is 54.5 Å². The molecule has 0 aliphatic heterocycles. The Morgan fingerprint density at radius 2 is 1.71 bits per heavy atom. The largest absolute Gasteiger partial charge is 0.351 e. The van der Waals surface area contributed by atoms with Gasteiger partial charge in [-0.3, -0.25) is 14.2 Å². The number of aromatic amines is 1. The molecule has 1 amide bonds. The summed E-state index contributed by atoms with van der Waals surface area (Å²) >= 11 is 5.42. The van der Waals surface area contributed by atoms with Crippen LogP contribution in [0.3, 0.4) is 0 Å². The molecule has 0 saturated heterocycles. The number of benzene rings is 3. The molecular formula is C25H23N3O2S. The van der Waals surface area contributed by atoms with E-state index in [1.165, 1.54) is 10.1 Å². The number of carbonyl (C=O) groups is 1. The number of hydrogen-bond donors (Lipinski definition) is 2. The first-order valence-electron chi connectivity index (χ1n) is 10.3. The second kappa shape index (κ2) is 9.10. The molecule has 5 nitrogen and oxygen atoms in total. The molecule has 1 aromatic heterocycles. The molecule has 31 heavy (non-hydrogen) atoms. The van der Waals surface area contributed by atoms with Crippen molar-refractivity contribution in [3.8, 4) is 5.69 Å². The molecule has 1 atom stereocenters. The van der Waals surface area contributed by atoms with E-state index in [-0.39, 0.29) is 22.2 Å². The highest BCUT2D eigenvalue weighted by Crippen LogP contribution is 2.19. The van der Waals surface area contributed by atoms with Gasteiger partial charge in [0.05, 0.1) is 16.6 Å². The van der Waals surface area contributed by atoms with E-state index in [0.29, 0.717) is 28.7 Å². The fraction of sp³-hybridized carbons (Fsp3) is 0.160. The summed E-state index contributed by atoms with van der Waals surface area (Å²) in [6, 6.07) is 24.4. The van der Waals surface area contributed by atoms with E-state index in [9.17, 15) is 9.59 Å². The van der Waals surface area contributed by atoms with Crippen molar-refractivity contribution in [1.82, 2.24) is 14.9 Å². The van der Waals surface area contributed by atoms with Crippen molar-refractivity contribution in [1.29, 1.82) is 0 Å². The molecule has 0 bridgehead atoms. The smallest absolute Gasteiger partial charge is 0.266 e. The van der Waals surface area contributed by atoms with Crippen LogP contribution in [0.2, 0.25) is 0 Å². The second-order valence-corrected chi connectivity index (χ2v) is 7.78. The molecule has 4 aromatic rings. The second-order valence-electron chi connectivity index (χ2n) is 7.39. The van der Waals surface area contributed by atoms with E-state index in [2.05, 4.69) is 29.4 Å². The van der Waals surface area contributed by atoms with E-state index in [1.54, 1.807) is 18.2 Å². The van der Waals surface area contributed by atoms with Crippen molar-refractivity contribution in [3.05, 3.63) is 105 Å². The van der Waals surface area contributed by atoms with Crippen LogP contribution in [0, 0.1) is 4.77 Å². The molecule has 1 unspecified atom stereocenters. The lowest BCUT2D eigenvalue weighted by atomic mass is 9.96. The SMILES string of the molecule is CCC(CNC(=O)c1ccc2c(=O)n(-c3ccccc3)c(=S)[nH]c2c1)c1ccccc1. The first kappa shape index (κ1) is 20.8. The van der Waals surface area contributed by atoms with Gasteiger partial charge in [-0.15, -0.1) is 0 Å². The molecule has 3 aromatic carbocycles. The fourth-order valence-corrected chi connectivity index (χ4v) is 4.01. The van der Waals surface area contributed by atoms with Gasteiger partial charge in [0.1, 0.15) is 0 Å². The Morgan fingerprint density at radius 1 is 1.03 bits per heavy atom. The summed E-state index contributed by atoms with van der Waals surface area (Å²) < 4.78 is 1.75. The van der Waals surface area contributed by atoms with Gasteiger partial charge in [0.25, 0.3) is 11.5 Å². The van der Waals surface area contributed by atoms with Crippen LogP contribution in [0.25, 0.3) is 16.6 Å². The summed E-state index contributed by atoms with van der Waals surface area (Å²) in [6.07, 6.45) is 0.925. The van der Waals surface area contributed by atoms with Crippen LogP contribution in [-0.4, -0.2) is 22.0 Å². The summed E-state index contributed by atoms with van der Waals surface area (Å²) in [7, 11) is 0. The summed E-state index contributed by atoms with van der Waals surface area (Å²) in [6.45, 7) is 2.65. The summed E-state index contributed by atoms with van der Waals surface area (Å²) in [5.74, 6) is 0.0670. The number of fused-ring (bicyclic) bond motifs is 1. The van der Waals surface area contributed by atoms with Gasteiger partial charge in [0, 0.05) is 18.0 Å². The maximum absolute atomic E-state index is 13.0. The molecule has 156 valence electrons. The van der Waals surface area contributed by atoms with Crippen molar-refractivity contribution in [2.24, 2.45) is 0 Å². The molecule has 0 saturated carbocycles. The zero-order chi connectivity index (χ0) is 21.8. The minimum Gasteiger partial charge on any atom is -0.351 e. The van der Waals surface area contributed by atoms with Crippen LogP contribution in [0.15, 0.2) is 83.7 Å². The maximum Gasteiger partial charge on any atom is 0.266 e. The molecule has 2 N–H and O–H groups in total. The van der Waals surface area contributed by atoms with E-state index in [0.717, 1.165) is 6.42 Å². The van der Waals surface area contributed by atoms with Gasteiger partial charge >= 0.3 is 0 Å². The minimum absolute atomic E-state index is 0.178.